The lowest BCUT2D eigenvalue weighted by Crippen LogP contribution is -2.28. The van der Waals surface area contributed by atoms with Gasteiger partial charge in [-0.25, -0.2) is 14.6 Å². The third-order valence-corrected chi connectivity index (χ3v) is 5.64. The van der Waals surface area contributed by atoms with Gasteiger partial charge in [0.15, 0.2) is 11.3 Å². The van der Waals surface area contributed by atoms with Crippen molar-refractivity contribution in [2.45, 2.75) is 26.9 Å². The molecule has 1 fully saturated rings. The summed E-state index contributed by atoms with van der Waals surface area (Å²) in [6.07, 6.45) is 1.03. The Bertz CT molecular complexity index is 1110. The molecule has 0 radical (unpaired) electrons. The molecule has 1 N–H and O–H groups in total. The molecule has 1 aliphatic rings. The lowest BCUT2D eigenvalue weighted by Gasteiger charge is -2.13. The van der Waals surface area contributed by atoms with Gasteiger partial charge >= 0.3 is 11.9 Å². The number of carboxylic acids is 1. The van der Waals surface area contributed by atoms with E-state index in [1.54, 1.807) is 61.2 Å². The van der Waals surface area contributed by atoms with E-state index < -0.39 is 18.0 Å². The molecule has 1 heterocycles. The summed E-state index contributed by atoms with van der Waals surface area (Å²) in [5, 5.41) is 9.66. The summed E-state index contributed by atoms with van der Waals surface area (Å²) in [5.41, 5.74) is 1.37. The highest BCUT2D eigenvalue weighted by molar-refractivity contribution is 8.18. The largest absolute Gasteiger partial charge is 0.479 e. The highest BCUT2D eigenvalue weighted by Gasteiger charge is 2.32. The number of aromatic carboxylic acids is 1. The van der Waals surface area contributed by atoms with E-state index in [-0.39, 0.29) is 18.1 Å². The SMILES string of the molecule is CCOC(=O)[C@@H](C)Oc1ccc(/C=C2/SC(=Nc3cccc(C(=O)O)c3)N(CC)C2=O)cc1. The quantitative estimate of drug-likeness (QED) is 0.454. The van der Waals surface area contributed by atoms with E-state index in [1.807, 2.05) is 6.92 Å². The summed E-state index contributed by atoms with van der Waals surface area (Å²) in [7, 11) is 0. The molecule has 0 saturated carbocycles. The van der Waals surface area contributed by atoms with E-state index >= 15 is 0 Å². The summed E-state index contributed by atoms with van der Waals surface area (Å²) in [4.78, 5) is 42.3. The zero-order valence-corrected chi connectivity index (χ0v) is 19.3. The first-order chi connectivity index (χ1) is 15.8. The minimum Gasteiger partial charge on any atom is -0.479 e. The number of esters is 1. The molecule has 1 aliphatic heterocycles. The van der Waals surface area contributed by atoms with E-state index in [4.69, 9.17) is 9.47 Å². The standard InChI is InChI=1S/C24H24N2O6S/c1-4-26-21(27)20(33-24(26)25-18-8-6-7-17(14-18)22(28)29)13-16-9-11-19(12-10-16)32-15(3)23(30)31-5-2/h6-15H,4-5H2,1-3H3,(H,28,29)/b20-13+,25-24?/t15-/m1/s1. The van der Waals surface area contributed by atoms with Crippen LogP contribution in [0, 0.1) is 0 Å². The average Bonchev–Trinajstić information content (AvgIpc) is 3.09. The van der Waals surface area contributed by atoms with Crippen LogP contribution in [0.3, 0.4) is 0 Å². The number of amidine groups is 1. The molecular formula is C24H24N2O6S. The molecule has 2 aromatic rings. The molecule has 33 heavy (non-hydrogen) atoms. The molecule has 3 rings (SSSR count). The minimum atomic E-state index is -1.04. The first-order valence-electron chi connectivity index (χ1n) is 10.4. The molecule has 0 aliphatic carbocycles. The van der Waals surface area contributed by atoms with E-state index in [9.17, 15) is 19.5 Å². The molecule has 0 spiro atoms. The van der Waals surface area contributed by atoms with E-state index in [1.165, 1.54) is 23.9 Å². The van der Waals surface area contributed by atoms with Crippen molar-refractivity contribution in [1.82, 2.24) is 4.90 Å². The number of thioether (sulfide) groups is 1. The predicted molar refractivity (Wildman–Crippen MR) is 127 cm³/mol. The first kappa shape index (κ1) is 24.1. The molecule has 1 atom stereocenters. The van der Waals surface area contributed by atoms with Crippen LogP contribution in [-0.4, -0.2) is 52.3 Å². The molecule has 0 unspecified atom stereocenters. The topological polar surface area (TPSA) is 106 Å². The van der Waals surface area contributed by atoms with Gasteiger partial charge in [0.1, 0.15) is 5.75 Å². The molecule has 9 heteroatoms. The number of carbonyl (C=O) groups is 3. The van der Waals surface area contributed by atoms with Crippen LogP contribution in [-0.2, 0) is 14.3 Å². The number of rotatable bonds is 8. The Hall–Kier alpha value is -3.59. The monoisotopic (exact) mass is 468 g/mol. The van der Waals surface area contributed by atoms with Crippen LogP contribution in [0.15, 0.2) is 58.4 Å². The lowest BCUT2D eigenvalue weighted by atomic mass is 10.2. The summed E-state index contributed by atoms with van der Waals surface area (Å²) in [6, 6.07) is 13.3. The van der Waals surface area contributed by atoms with Gasteiger partial charge in [-0.2, -0.15) is 0 Å². The molecule has 0 aromatic heterocycles. The maximum atomic E-state index is 12.9. The normalized spacial score (nSPS) is 16.8. The molecular weight excluding hydrogens is 444 g/mol. The maximum absolute atomic E-state index is 12.9. The number of carbonyl (C=O) groups excluding carboxylic acids is 2. The second-order valence-electron chi connectivity index (χ2n) is 6.99. The smallest absolute Gasteiger partial charge is 0.347 e. The number of hydrogen-bond acceptors (Lipinski definition) is 7. The molecule has 2 aromatic carbocycles. The molecule has 1 amide bonds. The number of likely N-dealkylation sites (N-methyl/N-ethyl adjacent to an activating group) is 1. The van der Waals surface area contributed by atoms with Crippen molar-refractivity contribution >= 4 is 46.5 Å². The summed E-state index contributed by atoms with van der Waals surface area (Å²) >= 11 is 1.23. The van der Waals surface area contributed by atoms with E-state index in [0.717, 1.165) is 5.56 Å². The van der Waals surface area contributed by atoms with Crippen molar-refractivity contribution < 1.29 is 29.0 Å². The fraction of sp³-hybridized carbons (Fsp3) is 0.250. The van der Waals surface area contributed by atoms with Gasteiger partial charge in [0.25, 0.3) is 5.91 Å². The van der Waals surface area contributed by atoms with Gasteiger partial charge in [0.2, 0.25) is 0 Å². The fourth-order valence-corrected chi connectivity index (χ4v) is 4.06. The van der Waals surface area contributed by atoms with Gasteiger partial charge in [-0.15, -0.1) is 0 Å². The Morgan fingerprint density at radius 3 is 2.55 bits per heavy atom. The molecule has 8 nitrogen and oxygen atoms in total. The van der Waals surface area contributed by atoms with Gasteiger partial charge in [0, 0.05) is 6.54 Å². The minimum absolute atomic E-state index is 0.129. The van der Waals surface area contributed by atoms with Gasteiger partial charge in [-0.3, -0.25) is 9.69 Å². The second-order valence-corrected chi connectivity index (χ2v) is 8.00. The molecule has 0 bridgehead atoms. The number of benzene rings is 2. The Morgan fingerprint density at radius 1 is 1.18 bits per heavy atom. The van der Waals surface area contributed by atoms with Gasteiger partial charge in [0.05, 0.1) is 22.8 Å². The van der Waals surface area contributed by atoms with Gasteiger partial charge in [-0.05, 0) is 74.5 Å². The summed E-state index contributed by atoms with van der Waals surface area (Å²) in [5.74, 6) is -1.13. The number of nitrogens with zero attached hydrogens (tertiary/aromatic N) is 2. The highest BCUT2D eigenvalue weighted by atomic mass is 32.2. The van der Waals surface area contributed by atoms with Crippen molar-refractivity contribution in [3.8, 4) is 5.75 Å². The molecule has 1 saturated heterocycles. The predicted octanol–water partition coefficient (Wildman–Crippen LogP) is 4.34. The Labute approximate surface area is 195 Å². The Balaban J connectivity index is 1.77. The zero-order valence-electron chi connectivity index (χ0n) is 18.5. The number of amides is 1. The van der Waals surface area contributed by atoms with Crippen molar-refractivity contribution in [2.24, 2.45) is 4.99 Å². The van der Waals surface area contributed by atoms with Crippen LogP contribution >= 0.6 is 11.8 Å². The van der Waals surface area contributed by atoms with Gasteiger partial charge < -0.3 is 14.6 Å². The zero-order chi connectivity index (χ0) is 24.0. The van der Waals surface area contributed by atoms with Crippen LogP contribution < -0.4 is 4.74 Å². The maximum Gasteiger partial charge on any atom is 0.347 e. The van der Waals surface area contributed by atoms with Crippen LogP contribution in [0.4, 0.5) is 5.69 Å². The van der Waals surface area contributed by atoms with Gasteiger partial charge in [-0.1, -0.05) is 18.2 Å². The van der Waals surface area contributed by atoms with Crippen molar-refractivity contribution in [1.29, 1.82) is 0 Å². The van der Waals surface area contributed by atoms with Crippen molar-refractivity contribution in [3.63, 3.8) is 0 Å². The van der Waals surface area contributed by atoms with Crippen molar-refractivity contribution in [3.05, 3.63) is 64.6 Å². The first-order valence-corrected chi connectivity index (χ1v) is 11.2. The number of carboxylic acid groups (broad SMARTS) is 1. The second kappa shape index (κ2) is 10.8. The Morgan fingerprint density at radius 2 is 1.91 bits per heavy atom. The average molecular weight is 469 g/mol. The molecule has 172 valence electrons. The van der Waals surface area contributed by atoms with Crippen LogP contribution in [0.2, 0.25) is 0 Å². The summed E-state index contributed by atoms with van der Waals surface area (Å²) < 4.78 is 10.5. The van der Waals surface area contributed by atoms with Crippen LogP contribution in [0.1, 0.15) is 36.7 Å². The Kier molecular flexibility index (Phi) is 7.89. The lowest BCUT2D eigenvalue weighted by molar-refractivity contribution is -0.150. The van der Waals surface area contributed by atoms with E-state index in [0.29, 0.717) is 28.1 Å². The number of hydrogen-bond donors (Lipinski definition) is 1. The summed E-state index contributed by atoms with van der Waals surface area (Å²) in [6.45, 7) is 5.92. The third-order valence-electron chi connectivity index (χ3n) is 4.63. The highest BCUT2D eigenvalue weighted by Crippen LogP contribution is 2.34. The van der Waals surface area contributed by atoms with Crippen LogP contribution in [0.5, 0.6) is 5.75 Å². The third kappa shape index (κ3) is 6.01. The number of ether oxygens (including phenoxy) is 2. The fourth-order valence-electron chi connectivity index (χ4n) is 2.99. The van der Waals surface area contributed by atoms with Crippen molar-refractivity contribution in [2.75, 3.05) is 13.2 Å². The number of aliphatic imine (C=N–C) groups is 1. The van der Waals surface area contributed by atoms with E-state index in [2.05, 4.69) is 4.99 Å². The van der Waals surface area contributed by atoms with Crippen LogP contribution in [0.25, 0.3) is 6.08 Å².